The Morgan fingerprint density at radius 3 is 2.77 bits per heavy atom. The quantitative estimate of drug-likeness (QED) is 0.509. The molecule has 0 saturated carbocycles. The number of thiazole rings is 1. The third-order valence-electron chi connectivity index (χ3n) is 4.22. The Morgan fingerprint density at radius 1 is 1.23 bits per heavy atom. The van der Waals surface area contributed by atoms with Crippen LogP contribution >= 0.6 is 23.1 Å². The van der Waals surface area contributed by atoms with Crippen molar-refractivity contribution >= 4 is 52.2 Å². The molecule has 8 nitrogen and oxygen atoms in total. The van der Waals surface area contributed by atoms with Crippen molar-refractivity contribution in [1.82, 2.24) is 10.3 Å². The first-order chi connectivity index (χ1) is 14.5. The molecular formula is C20H24N4O4S2. The number of hydrogen-bond acceptors (Lipinski definition) is 7. The number of hydrogen-bond donors (Lipinski definition) is 3. The second-order valence-corrected chi connectivity index (χ2v) is 8.90. The molecule has 30 heavy (non-hydrogen) atoms. The van der Waals surface area contributed by atoms with Crippen LogP contribution in [0.3, 0.4) is 0 Å². The van der Waals surface area contributed by atoms with Crippen molar-refractivity contribution in [2.75, 3.05) is 29.5 Å². The summed E-state index contributed by atoms with van der Waals surface area (Å²) in [5.74, 6) is -0.230. The van der Waals surface area contributed by atoms with Gasteiger partial charge in [-0.25, -0.2) is 4.98 Å². The zero-order valence-electron chi connectivity index (χ0n) is 16.6. The third-order valence-corrected chi connectivity index (χ3v) is 6.29. The van der Waals surface area contributed by atoms with Crippen molar-refractivity contribution in [3.63, 3.8) is 0 Å². The molecule has 1 aromatic heterocycles. The molecule has 1 atom stereocenters. The number of benzene rings is 1. The van der Waals surface area contributed by atoms with E-state index in [-0.39, 0.29) is 36.0 Å². The highest BCUT2D eigenvalue weighted by Crippen LogP contribution is 2.23. The number of carbonyl (C=O) groups is 3. The van der Waals surface area contributed by atoms with Gasteiger partial charge in [0.15, 0.2) is 4.34 Å². The van der Waals surface area contributed by atoms with Crippen LogP contribution in [0.15, 0.2) is 34.0 Å². The predicted octanol–water partition coefficient (Wildman–Crippen LogP) is 2.67. The van der Waals surface area contributed by atoms with E-state index in [1.165, 1.54) is 30.0 Å². The summed E-state index contributed by atoms with van der Waals surface area (Å²) in [5, 5.41) is 10.2. The van der Waals surface area contributed by atoms with Crippen molar-refractivity contribution < 1.29 is 19.1 Å². The molecule has 160 valence electrons. The lowest BCUT2D eigenvalue weighted by molar-refractivity contribution is -0.121. The molecule has 0 radical (unpaired) electrons. The van der Waals surface area contributed by atoms with Crippen molar-refractivity contribution in [3.05, 3.63) is 35.3 Å². The second kappa shape index (κ2) is 11.1. The SMILES string of the molecule is CC(=O)Nc1cccc(NC(=O)CSc2nc(CC(=O)NCC3CCCO3)cs2)c1. The van der Waals surface area contributed by atoms with E-state index >= 15 is 0 Å². The zero-order chi connectivity index (χ0) is 21.3. The number of thioether (sulfide) groups is 1. The minimum Gasteiger partial charge on any atom is -0.376 e. The molecule has 2 aromatic rings. The first kappa shape index (κ1) is 22.3. The van der Waals surface area contributed by atoms with Gasteiger partial charge < -0.3 is 20.7 Å². The minimum absolute atomic E-state index is 0.0795. The summed E-state index contributed by atoms with van der Waals surface area (Å²) < 4.78 is 6.23. The van der Waals surface area contributed by atoms with Gasteiger partial charge in [-0.15, -0.1) is 11.3 Å². The first-order valence-corrected chi connectivity index (χ1v) is 11.5. The summed E-state index contributed by atoms with van der Waals surface area (Å²) >= 11 is 2.73. The Labute approximate surface area is 183 Å². The lowest BCUT2D eigenvalue weighted by atomic mass is 10.2. The molecule has 1 aliphatic heterocycles. The maximum Gasteiger partial charge on any atom is 0.234 e. The van der Waals surface area contributed by atoms with E-state index in [1.54, 1.807) is 24.3 Å². The van der Waals surface area contributed by atoms with E-state index < -0.39 is 0 Å². The Bertz CT molecular complexity index is 896. The summed E-state index contributed by atoms with van der Waals surface area (Å²) in [6.07, 6.45) is 2.36. The Morgan fingerprint density at radius 2 is 2.03 bits per heavy atom. The van der Waals surface area contributed by atoms with E-state index in [0.717, 1.165) is 23.8 Å². The van der Waals surface area contributed by atoms with Crippen molar-refractivity contribution in [2.24, 2.45) is 0 Å². The summed E-state index contributed by atoms with van der Waals surface area (Å²) in [6, 6.07) is 6.95. The Balaban J connectivity index is 1.40. The van der Waals surface area contributed by atoms with Gasteiger partial charge >= 0.3 is 0 Å². The van der Waals surface area contributed by atoms with Gasteiger partial charge in [0, 0.05) is 36.8 Å². The Hall–Kier alpha value is -2.43. The second-order valence-electron chi connectivity index (χ2n) is 6.82. The van der Waals surface area contributed by atoms with Crippen LogP contribution < -0.4 is 16.0 Å². The fraction of sp³-hybridized carbons (Fsp3) is 0.400. The number of rotatable bonds is 9. The fourth-order valence-corrected chi connectivity index (χ4v) is 4.54. The number of carbonyl (C=O) groups excluding carboxylic acids is 3. The molecule has 1 fully saturated rings. The average Bonchev–Trinajstić information content (AvgIpc) is 3.36. The fourth-order valence-electron chi connectivity index (χ4n) is 2.90. The van der Waals surface area contributed by atoms with E-state index in [0.29, 0.717) is 23.6 Å². The highest BCUT2D eigenvalue weighted by atomic mass is 32.2. The minimum atomic E-state index is -0.175. The highest BCUT2D eigenvalue weighted by Gasteiger charge is 2.17. The topological polar surface area (TPSA) is 109 Å². The molecule has 1 unspecified atom stereocenters. The summed E-state index contributed by atoms with van der Waals surface area (Å²) in [7, 11) is 0. The van der Waals surface area contributed by atoms with Crippen molar-refractivity contribution in [3.8, 4) is 0 Å². The van der Waals surface area contributed by atoms with Crippen LogP contribution in [0.25, 0.3) is 0 Å². The largest absolute Gasteiger partial charge is 0.376 e. The molecule has 10 heteroatoms. The van der Waals surface area contributed by atoms with Gasteiger partial charge in [0.05, 0.1) is 24.0 Å². The van der Waals surface area contributed by atoms with Gasteiger partial charge in [0.25, 0.3) is 0 Å². The summed E-state index contributed by atoms with van der Waals surface area (Å²) in [5.41, 5.74) is 1.92. The molecule has 1 aromatic carbocycles. The molecule has 2 heterocycles. The average molecular weight is 449 g/mol. The van der Waals surface area contributed by atoms with Gasteiger partial charge in [0.1, 0.15) is 0 Å². The molecule has 0 aliphatic carbocycles. The van der Waals surface area contributed by atoms with Crippen LogP contribution in [0.4, 0.5) is 11.4 Å². The van der Waals surface area contributed by atoms with E-state index in [4.69, 9.17) is 4.74 Å². The molecule has 3 N–H and O–H groups in total. The lowest BCUT2D eigenvalue weighted by Crippen LogP contribution is -2.32. The highest BCUT2D eigenvalue weighted by molar-refractivity contribution is 8.01. The number of amides is 3. The van der Waals surface area contributed by atoms with Crippen LogP contribution in [-0.4, -0.2) is 47.7 Å². The molecule has 3 rings (SSSR count). The Kier molecular flexibility index (Phi) is 8.23. The maximum absolute atomic E-state index is 12.2. The van der Waals surface area contributed by atoms with Crippen LogP contribution in [0, 0.1) is 0 Å². The van der Waals surface area contributed by atoms with E-state index in [2.05, 4.69) is 20.9 Å². The lowest BCUT2D eigenvalue weighted by Gasteiger charge is -2.09. The number of nitrogens with one attached hydrogen (secondary N) is 3. The summed E-state index contributed by atoms with van der Waals surface area (Å²) in [4.78, 5) is 39.8. The normalized spacial score (nSPS) is 15.6. The van der Waals surface area contributed by atoms with Crippen LogP contribution in [-0.2, 0) is 25.5 Å². The van der Waals surface area contributed by atoms with Gasteiger partial charge in [-0.2, -0.15) is 0 Å². The predicted molar refractivity (Wildman–Crippen MR) is 118 cm³/mol. The van der Waals surface area contributed by atoms with Crippen LogP contribution in [0.1, 0.15) is 25.5 Å². The monoisotopic (exact) mass is 448 g/mol. The third kappa shape index (κ3) is 7.43. The van der Waals surface area contributed by atoms with E-state index in [9.17, 15) is 14.4 Å². The number of anilines is 2. The number of aromatic nitrogens is 1. The van der Waals surface area contributed by atoms with Crippen LogP contribution in [0.5, 0.6) is 0 Å². The molecule has 3 amide bonds. The smallest absolute Gasteiger partial charge is 0.234 e. The van der Waals surface area contributed by atoms with Gasteiger partial charge in [-0.3, -0.25) is 14.4 Å². The zero-order valence-corrected chi connectivity index (χ0v) is 18.2. The van der Waals surface area contributed by atoms with Gasteiger partial charge in [-0.1, -0.05) is 17.8 Å². The standard InChI is InChI=1S/C20H24N4O4S2/c1-13(25)22-14-4-2-5-15(8-14)23-19(27)12-30-20-24-16(11-29-20)9-18(26)21-10-17-6-3-7-28-17/h2,4-5,8,11,17H,3,6-7,9-10,12H2,1H3,(H,21,26)(H,22,25)(H,23,27). The van der Waals surface area contributed by atoms with Gasteiger partial charge in [-0.05, 0) is 31.0 Å². The molecule has 1 aliphatic rings. The molecule has 0 bridgehead atoms. The van der Waals surface area contributed by atoms with Crippen molar-refractivity contribution in [2.45, 2.75) is 36.6 Å². The number of nitrogens with zero attached hydrogens (tertiary/aromatic N) is 1. The molecule has 1 saturated heterocycles. The first-order valence-electron chi connectivity index (χ1n) is 9.61. The van der Waals surface area contributed by atoms with Gasteiger partial charge in [0.2, 0.25) is 17.7 Å². The van der Waals surface area contributed by atoms with Crippen LogP contribution in [0.2, 0.25) is 0 Å². The molecule has 0 spiro atoms. The number of ether oxygens (including phenoxy) is 1. The molecular weight excluding hydrogens is 424 g/mol. The van der Waals surface area contributed by atoms with E-state index in [1.807, 2.05) is 5.38 Å². The summed E-state index contributed by atoms with van der Waals surface area (Å²) in [6.45, 7) is 2.73. The maximum atomic E-state index is 12.2. The van der Waals surface area contributed by atoms with Crippen molar-refractivity contribution in [1.29, 1.82) is 0 Å².